The lowest BCUT2D eigenvalue weighted by Crippen LogP contribution is -2.47. The van der Waals surface area contributed by atoms with E-state index in [0.717, 1.165) is 0 Å². The summed E-state index contributed by atoms with van der Waals surface area (Å²) >= 11 is 13.9. The Bertz CT molecular complexity index is 477. The molecule has 0 heterocycles. The van der Waals surface area contributed by atoms with Gasteiger partial charge in [-0.1, -0.05) is 23.2 Å². The van der Waals surface area contributed by atoms with Crippen LogP contribution in [0.2, 0.25) is 10.0 Å². The van der Waals surface area contributed by atoms with Crippen molar-refractivity contribution in [2.75, 3.05) is 13.7 Å². The first kappa shape index (κ1) is 16.0. The lowest BCUT2D eigenvalue weighted by atomic mass is 10.0. The maximum atomic E-state index is 12.4. The number of aliphatic hydroxyl groups is 1. The van der Waals surface area contributed by atoms with Gasteiger partial charge in [-0.25, -0.2) is 0 Å². The molecule has 1 N–H and O–H groups in total. The third kappa shape index (κ3) is 3.29. The van der Waals surface area contributed by atoms with Gasteiger partial charge in [0.2, 0.25) is 0 Å². The summed E-state index contributed by atoms with van der Waals surface area (Å²) < 4.78 is 0.657. The second-order valence-electron chi connectivity index (χ2n) is 4.58. The first-order chi connectivity index (χ1) is 8.20. The van der Waals surface area contributed by atoms with Crippen molar-refractivity contribution in [3.63, 3.8) is 0 Å². The van der Waals surface area contributed by atoms with E-state index in [4.69, 9.17) is 23.2 Å². The summed E-state index contributed by atoms with van der Waals surface area (Å²) in [6, 6.07) is 3.18. The average molecular weight is 402 g/mol. The van der Waals surface area contributed by atoms with Crippen LogP contribution in [0.1, 0.15) is 24.2 Å². The van der Waals surface area contributed by atoms with Crippen LogP contribution in [0.3, 0.4) is 0 Å². The quantitative estimate of drug-likeness (QED) is 0.622. The summed E-state index contributed by atoms with van der Waals surface area (Å²) in [4.78, 5) is 13.9. The van der Waals surface area contributed by atoms with Crippen molar-refractivity contribution in [2.24, 2.45) is 0 Å². The number of benzene rings is 1. The summed E-state index contributed by atoms with van der Waals surface area (Å²) in [5.41, 5.74) is -0.202. The molecule has 0 saturated heterocycles. The van der Waals surface area contributed by atoms with Crippen LogP contribution in [0.25, 0.3) is 0 Å². The molecule has 0 radical (unpaired) electrons. The first-order valence-electron chi connectivity index (χ1n) is 5.24. The molecule has 0 fully saturated rings. The third-order valence-corrected chi connectivity index (χ3v) is 4.82. The number of rotatable bonds is 3. The molecule has 1 aromatic rings. The normalized spacial score (nSPS) is 11.5. The zero-order valence-corrected chi connectivity index (χ0v) is 14.0. The van der Waals surface area contributed by atoms with E-state index in [0.29, 0.717) is 19.2 Å². The van der Waals surface area contributed by atoms with Gasteiger partial charge < -0.3 is 10.0 Å². The number of nitrogens with zero attached hydrogens (tertiary/aromatic N) is 1. The van der Waals surface area contributed by atoms with E-state index in [9.17, 15) is 9.90 Å². The SMILES string of the molecule is CN(C(=O)c1cc(Cl)cc(Cl)c1I)C(C)(C)CO. The van der Waals surface area contributed by atoms with Crippen LogP contribution < -0.4 is 0 Å². The monoisotopic (exact) mass is 401 g/mol. The standard InChI is InChI=1S/C12H14Cl2INO2/c1-12(2,6-17)16(3)11(18)8-4-7(13)5-9(14)10(8)15/h4-5,17H,6H2,1-3H3. The van der Waals surface area contributed by atoms with Crippen molar-refractivity contribution in [2.45, 2.75) is 19.4 Å². The number of hydrogen-bond acceptors (Lipinski definition) is 2. The molecule has 0 unspecified atom stereocenters. The highest BCUT2D eigenvalue weighted by molar-refractivity contribution is 14.1. The van der Waals surface area contributed by atoms with Crippen LogP contribution in [0.5, 0.6) is 0 Å². The van der Waals surface area contributed by atoms with Gasteiger partial charge in [-0.05, 0) is 48.6 Å². The Balaban J connectivity index is 3.20. The minimum Gasteiger partial charge on any atom is -0.394 e. The van der Waals surface area contributed by atoms with Gasteiger partial charge in [0, 0.05) is 15.6 Å². The van der Waals surface area contributed by atoms with Crippen LogP contribution >= 0.6 is 45.8 Å². The number of carbonyl (C=O) groups excluding carboxylic acids is 1. The lowest BCUT2D eigenvalue weighted by Gasteiger charge is -2.34. The molecular formula is C12H14Cl2INO2. The van der Waals surface area contributed by atoms with Crippen molar-refractivity contribution in [3.8, 4) is 0 Å². The molecule has 1 aromatic carbocycles. The topological polar surface area (TPSA) is 40.5 Å². The van der Waals surface area contributed by atoms with Crippen LogP contribution in [-0.4, -0.2) is 35.1 Å². The number of carbonyl (C=O) groups is 1. The number of halogens is 3. The molecule has 1 amide bonds. The highest BCUT2D eigenvalue weighted by Gasteiger charge is 2.29. The van der Waals surface area contributed by atoms with Crippen molar-refractivity contribution >= 4 is 51.7 Å². The second kappa shape index (κ2) is 5.94. The van der Waals surface area contributed by atoms with E-state index in [1.165, 1.54) is 4.90 Å². The fourth-order valence-electron chi connectivity index (χ4n) is 1.27. The Kier molecular flexibility index (Phi) is 5.29. The predicted molar refractivity (Wildman–Crippen MR) is 82.4 cm³/mol. The largest absolute Gasteiger partial charge is 0.394 e. The molecular weight excluding hydrogens is 388 g/mol. The number of amides is 1. The highest BCUT2D eigenvalue weighted by Crippen LogP contribution is 2.28. The molecule has 0 spiro atoms. The molecule has 18 heavy (non-hydrogen) atoms. The van der Waals surface area contributed by atoms with E-state index in [1.54, 1.807) is 33.0 Å². The van der Waals surface area contributed by atoms with Crippen LogP contribution in [0, 0.1) is 3.57 Å². The van der Waals surface area contributed by atoms with Gasteiger partial charge in [-0.2, -0.15) is 0 Å². The highest BCUT2D eigenvalue weighted by atomic mass is 127. The second-order valence-corrected chi connectivity index (χ2v) is 6.51. The molecule has 0 atom stereocenters. The molecule has 6 heteroatoms. The van der Waals surface area contributed by atoms with Crippen LogP contribution in [-0.2, 0) is 0 Å². The zero-order chi connectivity index (χ0) is 14.1. The Labute approximate surface area is 130 Å². The Morgan fingerprint density at radius 3 is 2.50 bits per heavy atom. The van der Waals surface area contributed by atoms with Gasteiger partial charge in [0.15, 0.2) is 0 Å². The summed E-state index contributed by atoms with van der Waals surface area (Å²) in [6.45, 7) is 3.44. The Morgan fingerprint density at radius 1 is 1.44 bits per heavy atom. The summed E-state index contributed by atoms with van der Waals surface area (Å²) in [5.74, 6) is -0.220. The molecule has 0 bridgehead atoms. The average Bonchev–Trinajstić information content (AvgIpc) is 2.31. The molecule has 0 aliphatic rings. The van der Waals surface area contributed by atoms with Crippen LogP contribution in [0.15, 0.2) is 12.1 Å². The molecule has 100 valence electrons. The molecule has 3 nitrogen and oxygen atoms in total. The number of aliphatic hydroxyl groups excluding tert-OH is 1. The fraction of sp³-hybridized carbons (Fsp3) is 0.417. The van der Waals surface area contributed by atoms with Gasteiger partial charge >= 0.3 is 0 Å². The van der Waals surface area contributed by atoms with Crippen molar-refractivity contribution in [3.05, 3.63) is 31.3 Å². The zero-order valence-electron chi connectivity index (χ0n) is 10.3. The van der Waals surface area contributed by atoms with Crippen molar-refractivity contribution < 1.29 is 9.90 Å². The minimum atomic E-state index is -0.644. The first-order valence-corrected chi connectivity index (χ1v) is 7.07. The van der Waals surface area contributed by atoms with Gasteiger partial charge in [-0.15, -0.1) is 0 Å². The summed E-state index contributed by atoms with van der Waals surface area (Å²) in [6.07, 6.45) is 0. The number of hydrogen-bond donors (Lipinski definition) is 1. The van der Waals surface area contributed by atoms with Crippen LogP contribution in [0.4, 0.5) is 0 Å². The molecule has 0 aliphatic carbocycles. The van der Waals surface area contributed by atoms with E-state index in [1.807, 2.05) is 22.6 Å². The summed E-state index contributed by atoms with van der Waals surface area (Å²) in [7, 11) is 1.64. The Morgan fingerprint density at radius 2 is 2.00 bits per heavy atom. The van der Waals surface area contributed by atoms with Gasteiger partial charge in [0.05, 0.1) is 22.7 Å². The predicted octanol–water partition coefficient (Wildman–Crippen LogP) is 3.44. The molecule has 0 aliphatic heterocycles. The smallest absolute Gasteiger partial charge is 0.255 e. The molecule has 0 aromatic heterocycles. The minimum absolute atomic E-state index is 0.125. The maximum absolute atomic E-state index is 12.4. The number of likely N-dealkylation sites (N-methyl/N-ethyl adjacent to an activating group) is 1. The van der Waals surface area contributed by atoms with E-state index in [-0.39, 0.29) is 12.5 Å². The van der Waals surface area contributed by atoms with E-state index >= 15 is 0 Å². The van der Waals surface area contributed by atoms with Gasteiger partial charge in [-0.3, -0.25) is 4.79 Å². The maximum Gasteiger partial charge on any atom is 0.255 e. The fourth-order valence-corrected chi connectivity index (χ4v) is 2.31. The lowest BCUT2D eigenvalue weighted by molar-refractivity contribution is 0.0472. The Hall–Kier alpha value is -0.0400. The third-order valence-electron chi connectivity index (χ3n) is 2.82. The summed E-state index contributed by atoms with van der Waals surface area (Å²) in [5, 5.41) is 10.2. The van der Waals surface area contributed by atoms with Gasteiger partial charge in [0.25, 0.3) is 5.91 Å². The molecule has 1 rings (SSSR count). The van der Waals surface area contributed by atoms with Crippen molar-refractivity contribution in [1.82, 2.24) is 4.90 Å². The molecule has 0 saturated carbocycles. The van der Waals surface area contributed by atoms with E-state index < -0.39 is 5.54 Å². The van der Waals surface area contributed by atoms with Crippen molar-refractivity contribution in [1.29, 1.82) is 0 Å². The van der Waals surface area contributed by atoms with E-state index in [2.05, 4.69) is 0 Å². The van der Waals surface area contributed by atoms with Gasteiger partial charge in [0.1, 0.15) is 0 Å².